The Morgan fingerprint density at radius 3 is 3.00 bits per heavy atom. The predicted octanol–water partition coefficient (Wildman–Crippen LogP) is 4.69. The maximum absolute atomic E-state index is 4.53. The van der Waals surface area contributed by atoms with Crippen LogP contribution in [0.4, 0.5) is 5.13 Å². The second kappa shape index (κ2) is 4.67. The van der Waals surface area contributed by atoms with Crippen molar-refractivity contribution in [3.8, 4) is 0 Å². The van der Waals surface area contributed by atoms with Crippen molar-refractivity contribution >= 4 is 32.9 Å². The third kappa shape index (κ3) is 2.09. The number of fused-ring (bicyclic) bond motifs is 2. The lowest BCUT2D eigenvalue weighted by Crippen LogP contribution is -2.48. The van der Waals surface area contributed by atoms with Gasteiger partial charge in [0.05, 0.1) is 16.4 Å². The number of thiazole rings is 1. The number of benzene rings is 1. The number of nitrogens with one attached hydrogen (secondary N) is 1. The van der Waals surface area contributed by atoms with Crippen molar-refractivity contribution in [1.29, 1.82) is 0 Å². The molecule has 2 unspecified atom stereocenters. The van der Waals surface area contributed by atoms with Gasteiger partial charge in [-0.2, -0.15) is 5.10 Å². The van der Waals surface area contributed by atoms with Crippen LogP contribution in [-0.4, -0.2) is 11.2 Å². The minimum Gasteiger partial charge on any atom is -0.253 e. The van der Waals surface area contributed by atoms with Gasteiger partial charge in [0.1, 0.15) is 0 Å². The van der Waals surface area contributed by atoms with Crippen LogP contribution in [0.25, 0.3) is 10.2 Å². The first-order valence-corrected chi connectivity index (χ1v) is 8.31. The molecule has 2 bridgehead atoms. The third-order valence-electron chi connectivity index (χ3n) is 5.18. The summed E-state index contributed by atoms with van der Waals surface area (Å²) < 4.78 is 1.19. The molecule has 3 aliphatic rings. The zero-order valence-electron chi connectivity index (χ0n) is 12.3. The van der Waals surface area contributed by atoms with E-state index in [2.05, 4.69) is 41.5 Å². The average Bonchev–Trinajstić information content (AvgIpc) is 2.90. The lowest BCUT2D eigenvalue weighted by atomic mass is 9.49. The predicted molar refractivity (Wildman–Crippen MR) is 89.8 cm³/mol. The molecule has 0 amide bonds. The van der Waals surface area contributed by atoms with Crippen molar-refractivity contribution in [3.05, 3.63) is 35.9 Å². The van der Waals surface area contributed by atoms with Crippen LogP contribution in [0, 0.1) is 17.3 Å². The summed E-state index contributed by atoms with van der Waals surface area (Å²) in [6, 6.07) is 8.16. The second-order valence-corrected chi connectivity index (χ2v) is 7.63. The highest BCUT2D eigenvalue weighted by Crippen LogP contribution is 2.58. The molecule has 4 heteroatoms. The smallest absolute Gasteiger partial charge is 0.204 e. The van der Waals surface area contributed by atoms with Gasteiger partial charge in [-0.15, -0.1) is 0 Å². The van der Waals surface area contributed by atoms with Crippen molar-refractivity contribution in [3.63, 3.8) is 0 Å². The molecular weight excluding hydrogens is 278 g/mol. The molecule has 3 nitrogen and oxygen atoms in total. The van der Waals surface area contributed by atoms with E-state index in [0.717, 1.165) is 16.6 Å². The highest BCUT2D eigenvalue weighted by atomic mass is 32.1. The lowest BCUT2D eigenvalue weighted by molar-refractivity contribution is -0.00124. The molecule has 0 radical (unpaired) electrons. The zero-order chi connectivity index (χ0) is 14.4. The Morgan fingerprint density at radius 1 is 1.38 bits per heavy atom. The fourth-order valence-corrected chi connectivity index (χ4v) is 4.44. The van der Waals surface area contributed by atoms with Crippen LogP contribution in [-0.2, 0) is 0 Å². The normalized spacial score (nSPS) is 26.7. The number of hydrogen-bond donors (Lipinski definition) is 1. The topological polar surface area (TPSA) is 37.3 Å². The van der Waals surface area contributed by atoms with Crippen molar-refractivity contribution in [2.24, 2.45) is 22.4 Å². The number of rotatable bonds is 3. The first-order valence-electron chi connectivity index (χ1n) is 7.49. The summed E-state index contributed by atoms with van der Waals surface area (Å²) in [5.41, 5.74) is 5.95. The second-order valence-electron chi connectivity index (χ2n) is 6.60. The molecular formula is C17H19N3S. The summed E-state index contributed by atoms with van der Waals surface area (Å²) in [4.78, 5) is 4.53. The van der Waals surface area contributed by atoms with E-state index >= 15 is 0 Å². The molecule has 108 valence electrons. The van der Waals surface area contributed by atoms with E-state index in [-0.39, 0.29) is 0 Å². The number of aromatic nitrogens is 1. The van der Waals surface area contributed by atoms with E-state index in [1.165, 1.54) is 23.1 Å². The van der Waals surface area contributed by atoms with E-state index < -0.39 is 0 Å². The van der Waals surface area contributed by atoms with Crippen LogP contribution in [0.2, 0.25) is 0 Å². The summed E-state index contributed by atoms with van der Waals surface area (Å²) in [6.07, 6.45) is 6.87. The Bertz CT molecular complexity index is 708. The highest BCUT2D eigenvalue weighted by molar-refractivity contribution is 7.22. The summed E-state index contributed by atoms with van der Waals surface area (Å²) in [5.74, 6) is 1.55. The SMILES string of the molecule is CC1(C)C2CC=C(C=NNc3nc4ccccc4s3)C1C2. The number of nitrogens with zero attached hydrogens (tertiary/aromatic N) is 2. The molecule has 2 aromatic rings. The van der Waals surface area contributed by atoms with E-state index in [1.807, 2.05) is 24.4 Å². The Labute approximate surface area is 128 Å². The summed E-state index contributed by atoms with van der Waals surface area (Å²) in [6.45, 7) is 4.77. The van der Waals surface area contributed by atoms with Gasteiger partial charge in [-0.25, -0.2) is 4.98 Å². The van der Waals surface area contributed by atoms with Gasteiger partial charge in [0.25, 0.3) is 0 Å². The van der Waals surface area contributed by atoms with Gasteiger partial charge in [0, 0.05) is 0 Å². The molecule has 3 aliphatic carbocycles. The molecule has 5 rings (SSSR count). The van der Waals surface area contributed by atoms with Gasteiger partial charge in [0.2, 0.25) is 5.13 Å². The summed E-state index contributed by atoms with van der Waals surface area (Å²) in [7, 11) is 0. The van der Waals surface area contributed by atoms with E-state index in [9.17, 15) is 0 Å². The van der Waals surface area contributed by atoms with E-state index in [1.54, 1.807) is 11.3 Å². The van der Waals surface area contributed by atoms with Crippen molar-refractivity contribution in [2.45, 2.75) is 26.7 Å². The zero-order valence-corrected chi connectivity index (χ0v) is 13.2. The Morgan fingerprint density at radius 2 is 2.24 bits per heavy atom. The maximum atomic E-state index is 4.53. The molecule has 1 aromatic carbocycles. The molecule has 21 heavy (non-hydrogen) atoms. The lowest BCUT2D eigenvalue weighted by Gasteiger charge is -2.55. The van der Waals surface area contributed by atoms with E-state index in [4.69, 9.17) is 0 Å². The Kier molecular flexibility index (Phi) is 2.89. The van der Waals surface area contributed by atoms with Crippen LogP contribution in [0.5, 0.6) is 0 Å². The fourth-order valence-electron chi connectivity index (χ4n) is 3.63. The molecule has 1 N–H and O–H groups in total. The summed E-state index contributed by atoms with van der Waals surface area (Å²) in [5, 5.41) is 5.26. The van der Waals surface area contributed by atoms with E-state index in [0.29, 0.717) is 11.3 Å². The van der Waals surface area contributed by atoms with Crippen LogP contribution < -0.4 is 5.43 Å². The minimum atomic E-state index is 0.450. The maximum Gasteiger partial charge on any atom is 0.204 e. The molecule has 0 saturated heterocycles. The summed E-state index contributed by atoms with van der Waals surface area (Å²) >= 11 is 1.64. The fraction of sp³-hybridized carbons (Fsp3) is 0.412. The van der Waals surface area contributed by atoms with Crippen LogP contribution in [0.3, 0.4) is 0 Å². The average molecular weight is 297 g/mol. The molecule has 1 aromatic heterocycles. The van der Waals surface area contributed by atoms with Crippen molar-refractivity contribution in [2.75, 3.05) is 5.43 Å². The Hall–Kier alpha value is -1.68. The molecule has 2 atom stereocenters. The first kappa shape index (κ1) is 13.0. The third-order valence-corrected chi connectivity index (χ3v) is 6.12. The van der Waals surface area contributed by atoms with Crippen LogP contribution in [0.15, 0.2) is 41.0 Å². The van der Waals surface area contributed by atoms with Crippen molar-refractivity contribution < 1.29 is 0 Å². The molecule has 1 heterocycles. The monoisotopic (exact) mass is 297 g/mol. The minimum absolute atomic E-state index is 0.450. The van der Waals surface area contributed by atoms with Gasteiger partial charge < -0.3 is 0 Å². The first-order chi connectivity index (χ1) is 10.1. The van der Waals surface area contributed by atoms with Gasteiger partial charge in [-0.1, -0.05) is 43.4 Å². The van der Waals surface area contributed by atoms with Crippen molar-refractivity contribution in [1.82, 2.24) is 4.98 Å². The quantitative estimate of drug-likeness (QED) is 0.659. The van der Waals surface area contributed by atoms with Gasteiger partial charge >= 0.3 is 0 Å². The number of anilines is 1. The molecule has 1 saturated carbocycles. The number of allylic oxidation sites excluding steroid dienone is 2. The number of hydrogen-bond acceptors (Lipinski definition) is 4. The van der Waals surface area contributed by atoms with Gasteiger partial charge in [0.15, 0.2) is 0 Å². The number of hydrazone groups is 1. The molecule has 0 aliphatic heterocycles. The largest absolute Gasteiger partial charge is 0.253 e. The Balaban J connectivity index is 1.48. The standard InChI is InChI=1S/C17H19N3S/c1-17(2)12-8-7-11(13(17)9-12)10-18-20-16-19-14-5-3-4-6-15(14)21-16/h3-7,10,12-13H,8-9H2,1-2H3,(H,19,20). The van der Waals surface area contributed by atoms with Crippen LogP contribution in [0.1, 0.15) is 26.7 Å². The van der Waals surface area contributed by atoms with Gasteiger partial charge in [-0.05, 0) is 47.8 Å². The molecule has 1 fully saturated rings. The highest BCUT2D eigenvalue weighted by Gasteiger charge is 2.50. The number of para-hydroxylation sites is 1. The molecule has 0 spiro atoms. The van der Waals surface area contributed by atoms with Crippen LogP contribution >= 0.6 is 11.3 Å². The van der Waals surface area contributed by atoms with Gasteiger partial charge in [-0.3, -0.25) is 5.43 Å².